The highest BCUT2D eigenvalue weighted by Crippen LogP contribution is 2.28. The molecule has 0 saturated carbocycles. The Morgan fingerprint density at radius 1 is 1.27 bits per heavy atom. The van der Waals surface area contributed by atoms with E-state index < -0.39 is 5.82 Å². The molecule has 0 N–H and O–H groups in total. The summed E-state index contributed by atoms with van der Waals surface area (Å²) >= 11 is 0. The number of hydrogen-bond acceptors (Lipinski definition) is 5. The number of amides is 1. The molecule has 1 amide bonds. The summed E-state index contributed by atoms with van der Waals surface area (Å²) in [4.78, 5) is 18.2. The maximum absolute atomic E-state index is 14.1. The minimum atomic E-state index is -0.651. The Hall–Kier alpha value is -2.51. The van der Waals surface area contributed by atoms with E-state index in [1.807, 2.05) is 0 Å². The monoisotopic (exact) mass is 359 g/mol. The average molecular weight is 359 g/mol. The number of aromatic nitrogens is 4. The third kappa shape index (κ3) is 3.04. The topological polar surface area (TPSA) is 73.1 Å². The van der Waals surface area contributed by atoms with Gasteiger partial charge >= 0.3 is 0 Å². The van der Waals surface area contributed by atoms with Crippen LogP contribution in [0.2, 0.25) is 0 Å². The van der Waals surface area contributed by atoms with Gasteiger partial charge in [0.25, 0.3) is 5.91 Å². The molecule has 138 valence electrons. The number of methoxy groups -OCH3 is 1. The first kappa shape index (κ1) is 16.9. The van der Waals surface area contributed by atoms with E-state index in [-0.39, 0.29) is 17.6 Å². The molecule has 2 aromatic rings. The van der Waals surface area contributed by atoms with Crippen LogP contribution in [-0.4, -0.2) is 51.0 Å². The number of aryl methyl sites for hydroxylation is 1. The van der Waals surface area contributed by atoms with Crippen LogP contribution in [0.3, 0.4) is 0 Å². The van der Waals surface area contributed by atoms with Crippen LogP contribution in [0.4, 0.5) is 4.39 Å². The van der Waals surface area contributed by atoms with Crippen molar-refractivity contribution < 1.29 is 13.9 Å². The molecule has 0 bridgehead atoms. The zero-order chi connectivity index (χ0) is 18.1. The number of ether oxygens (including phenoxy) is 1. The Bertz CT molecular complexity index is 814. The van der Waals surface area contributed by atoms with Crippen molar-refractivity contribution >= 4 is 5.91 Å². The molecule has 0 radical (unpaired) electrons. The molecule has 0 aromatic carbocycles. The smallest absolute Gasteiger partial charge is 0.275 e. The molecule has 0 atom stereocenters. The maximum atomic E-state index is 14.1. The highest BCUT2D eigenvalue weighted by molar-refractivity contribution is 5.92. The van der Waals surface area contributed by atoms with E-state index in [0.717, 1.165) is 31.4 Å². The molecule has 0 spiro atoms. The summed E-state index contributed by atoms with van der Waals surface area (Å²) in [6, 6.07) is 1.44. The van der Waals surface area contributed by atoms with Gasteiger partial charge in [-0.3, -0.25) is 4.79 Å². The minimum Gasteiger partial charge on any atom is -0.495 e. The first-order valence-electron chi connectivity index (χ1n) is 9.09. The molecule has 3 heterocycles. The van der Waals surface area contributed by atoms with Gasteiger partial charge in [-0.05, 0) is 38.5 Å². The number of rotatable bonds is 3. The lowest BCUT2D eigenvalue weighted by Gasteiger charge is -2.32. The van der Waals surface area contributed by atoms with E-state index >= 15 is 0 Å². The second-order valence-electron chi connectivity index (χ2n) is 6.86. The number of halogens is 1. The number of piperidine rings is 1. The van der Waals surface area contributed by atoms with Crippen LogP contribution >= 0.6 is 0 Å². The lowest BCUT2D eigenvalue weighted by molar-refractivity contribution is 0.0676. The van der Waals surface area contributed by atoms with Gasteiger partial charge in [-0.1, -0.05) is 5.21 Å². The summed E-state index contributed by atoms with van der Waals surface area (Å²) in [5.74, 6) is -0.722. The van der Waals surface area contributed by atoms with Crippen LogP contribution in [0, 0.1) is 5.82 Å². The van der Waals surface area contributed by atoms with Crippen LogP contribution in [0.25, 0.3) is 0 Å². The number of nitrogens with zero attached hydrogens (tertiary/aromatic N) is 5. The first-order valence-corrected chi connectivity index (χ1v) is 9.09. The Morgan fingerprint density at radius 2 is 2.04 bits per heavy atom. The highest BCUT2D eigenvalue weighted by atomic mass is 19.1. The van der Waals surface area contributed by atoms with Crippen molar-refractivity contribution in [3.63, 3.8) is 0 Å². The normalized spacial score (nSPS) is 17.8. The Balaban J connectivity index is 1.43. The molecule has 7 nitrogen and oxygen atoms in total. The molecule has 26 heavy (non-hydrogen) atoms. The number of pyridine rings is 1. The largest absolute Gasteiger partial charge is 0.495 e. The van der Waals surface area contributed by atoms with E-state index in [9.17, 15) is 9.18 Å². The quantitative estimate of drug-likeness (QED) is 0.840. The lowest BCUT2D eigenvalue weighted by Crippen LogP contribution is -2.40. The molecule has 1 saturated heterocycles. The molecule has 4 rings (SSSR count). The van der Waals surface area contributed by atoms with E-state index in [4.69, 9.17) is 4.74 Å². The van der Waals surface area contributed by atoms with Gasteiger partial charge in [0.1, 0.15) is 5.75 Å². The van der Waals surface area contributed by atoms with Gasteiger partial charge in [-0.15, -0.1) is 5.10 Å². The van der Waals surface area contributed by atoms with Crippen molar-refractivity contribution in [3.05, 3.63) is 35.2 Å². The Labute approximate surface area is 151 Å². The van der Waals surface area contributed by atoms with E-state index in [1.165, 1.54) is 37.9 Å². The van der Waals surface area contributed by atoms with Crippen molar-refractivity contribution in [1.29, 1.82) is 0 Å². The van der Waals surface area contributed by atoms with E-state index in [1.54, 1.807) is 4.90 Å². The molecular weight excluding hydrogens is 337 g/mol. The zero-order valence-electron chi connectivity index (χ0n) is 14.8. The van der Waals surface area contributed by atoms with Crippen LogP contribution in [0.1, 0.15) is 53.6 Å². The molecular formula is C18H22FN5O2. The van der Waals surface area contributed by atoms with Gasteiger partial charge in [0.05, 0.1) is 30.7 Å². The molecule has 8 heteroatoms. The van der Waals surface area contributed by atoms with Crippen molar-refractivity contribution in [1.82, 2.24) is 24.9 Å². The molecule has 2 aliphatic rings. The number of fused-ring (bicyclic) bond motifs is 1. The summed E-state index contributed by atoms with van der Waals surface area (Å²) in [6.45, 7) is 1.12. The summed E-state index contributed by atoms with van der Waals surface area (Å²) in [5, 5.41) is 8.68. The van der Waals surface area contributed by atoms with Gasteiger partial charge in [0.2, 0.25) is 0 Å². The predicted octanol–water partition coefficient (Wildman–Crippen LogP) is 2.18. The molecule has 1 aliphatic heterocycles. The summed E-state index contributed by atoms with van der Waals surface area (Å²) in [6.07, 6.45) is 7.35. The summed E-state index contributed by atoms with van der Waals surface area (Å²) < 4.78 is 21.1. The van der Waals surface area contributed by atoms with E-state index in [0.29, 0.717) is 18.8 Å². The number of likely N-dealkylation sites (tertiary alicyclic amines) is 1. The van der Waals surface area contributed by atoms with Gasteiger partial charge in [-0.2, -0.15) is 0 Å². The summed E-state index contributed by atoms with van der Waals surface area (Å²) in [5.41, 5.74) is 2.23. The predicted molar refractivity (Wildman–Crippen MR) is 91.6 cm³/mol. The third-order valence-electron chi connectivity index (χ3n) is 5.30. The van der Waals surface area contributed by atoms with Crippen molar-refractivity contribution in [3.8, 4) is 5.75 Å². The van der Waals surface area contributed by atoms with Gasteiger partial charge in [0, 0.05) is 19.2 Å². The SMILES string of the molecule is COc1cnc(C(=O)N2CCC(n3nnc4c3CCCC4)CC2)c(F)c1. The molecule has 0 unspecified atom stereocenters. The van der Waals surface area contributed by atoms with Gasteiger partial charge in [-0.25, -0.2) is 14.1 Å². The number of hydrogen-bond donors (Lipinski definition) is 0. The van der Waals surface area contributed by atoms with Gasteiger partial charge < -0.3 is 9.64 Å². The fraction of sp³-hybridized carbons (Fsp3) is 0.556. The second kappa shape index (κ2) is 7.01. The average Bonchev–Trinajstić information content (AvgIpc) is 3.11. The zero-order valence-corrected chi connectivity index (χ0v) is 14.8. The van der Waals surface area contributed by atoms with Crippen molar-refractivity contribution in [2.24, 2.45) is 0 Å². The first-order chi connectivity index (χ1) is 12.7. The second-order valence-corrected chi connectivity index (χ2v) is 6.86. The van der Waals surface area contributed by atoms with Crippen LogP contribution in [0.5, 0.6) is 5.75 Å². The molecule has 1 fully saturated rings. The fourth-order valence-corrected chi connectivity index (χ4v) is 3.83. The Morgan fingerprint density at radius 3 is 2.77 bits per heavy atom. The molecule has 1 aliphatic carbocycles. The minimum absolute atomic E-state index is 0.151. The number of carbonyl (C=O) groups is 1. The highest BCUT2D eigenvalue weighted by Gasteiger charge is 2.29. The van der Waals surface area contributed by atoms with Crippen LogP contribution < -0.4 is 4.74 Å². The molecule has 2 aromatic heterocycles. The van der Waals surface area contributed by atoms with E-state index in [2.05, 4.69) is 20.0 Å². The Kier molecular flexibility index (Phi) is 4.57. The fourth-order valence-electron chi connectivity index (χ4n) is 3.83. The maximum Gasteiger partial charge on any atom is 0.275 e. The number of carbonyl (C=O) groups excluding carboxylic acids is 1. The summed E-state index contributed by atoms with van der Waals surface area (Å²) in [7, 11) is 1.44. The van der Waals surface area contributed by atoms with Crippen molar-refractivity contribution in [2.45, 2.75) is 44.6 Å². The van der Waals surface area contributed by atoms with Gasteiger partial charge in [0.15, 0.2) is 11.5 Å². The van der Waals surface area contributed by atoms with Crippen molar-refractivity contribution in [2.75, 3.05) is 20.2 Å². The lowest BCUT2D eigenvalue weighted by atomic mass is 9.99. The standard InChI is InChI=1S/C18H22FN5O2/c1-26-13-10-14(19)17(20-11-13)18(25)23-8-6-12(7-9-23)24-16-5-3-2-4-15(16)21-22-24/h10-12H,2-9H2,1H3. The van der Waals surface area contributed by atoms with Crippen LogP contribution in [0.15, 0.2) is 12.3 Å². The third-order valence-corrected chi connectivity index (χ3v) is 5.30. The van der Waals surface area contributed by atoms with Crippen LogP contribution in [-0.2, 0) is 12.8 Å².